The minimum absolute atomic E-state index is 0.0174. The van der Waals surface area contributed by atoms with Gasteiger partial charge in [-0.05, 0) is 30.7 Å². The van der Waals surface area contributed by atoms with E-state index < -0.39 is 5.97 Å². The molecular weight excluding hydrogens is 457 g/mol. The van der Waals surface area contributed by atoms with E-state index in [9.17, 15) is 9.59 Å². The first-order chi connectivity index (χ1) is 13.8. The van der Waals surface area contributed by atoms with Crippen molar-refractivity contribution in [2.75, 3.05) is 6.54 Å². The zero-order chi connectivity index (χ0) is 21.0. The van der Waals surface area contributed by atoms with E-state index in [0.29, 0.717) is 43.0 Å². The number of ether oxygens (including phenoxy) is 1. The highest BCUT2D eigenvalue weighted by Gasteiger charge is 2.31. The average molecular weight is 472 g/mol. The Labute approximate surface area is 186 Å². The molecule has 0 saturated carbocycles. The van der Waals surface area contributed by atoms with Crippen molar-refractivity contribution < 1.29 is 23.8 Å². The predicted molar refractivity (Wildman–Crippen MR) is 116 cm³/mol. The molecule has 2 aromatic rings. The van der Waals surface area contributed by atoms with Crippen LogP contribution >= 0.6 is 47.2 Å². The molecule has 1 aromatic heterocycles. The van der Waals surface area contributed by atoms with Crippen molar-refractivity contribution in [3.63, 3.8) is 0 Å². The zero-order valence-electron chi connectivity index (χ0n) is 14.9. The number of rotatable bonds is 8. The summed E-state index contributed by atoms with van der Waals surface area (Å²) < 4.78 is 11.7. The molecule has 0 atom stereocenters. The van der Waals surface area contributed by atoms with Crippen LogP contribution in [0.4, 0.5) is 0 Å². The molecule has 1 aromatic carbocycles. The first kappa shape index (κ1) is 21.7. The molecule has 2 heterocycles. The Balaban J connectivity index is 1.60. The highest BCUT2D eigenvalue weighted by molar-refractivity contribution is 8.26. The average Bonchev–Trinajstić information content (AvgIpc) is 3.22. The molecule has 1 fully saturated rings. The van der Waals surface area contributed by atoms with Crippen molar-refractivity contribution in [2.45, 2.75) is 19.4 Å². The monoisotopic (exact) mass is 471 g/mol. The number of carboxylic acids is 1. The largest absolute Gasteiger partial charge is 0.486 e. The Morgan fingerprint density at radius 2 is 2.07 bits per heavy atom. The van der Waals surface area contributed by atoms with Gasteiger partial charge in [-0.2, -0.15) is 0 Å². The number of thiocarbonyl (C=S) groups is 1. The first-order valence-electron chi connectivity index (χ1n) is 8.47. The lowest BCUT2D eigenvalue weighted by atomic mass is 10.3. The minimum atomic E-state index is -0.905. The Morgan fingerprint density at radius 1 is 1.28 bits per heavy atom. The molecule has 29 heavy (non-hydrogen) atoms. The van der Waals surface area contributed by atoms with Crippen LogP contribution in [0.2, 0.25) is 10.0 Å². The number of hydrogen-bond donors (Lipinski definition) is 1. The van der Waals surface area contributed by atoms with Crippen LogP contribution in [0.5, 0.6) is 5.75 Å². The van der Waals surface area contributed by atoms with Crippen molar-refractivity contribution in [1.82, 2.24) is 4.90 Å². The van der Waals surface area contributed by atoms with Gasteiger partial charge in [0.25, 0.3) is 5.91 Å². The van der Waals surface area contributed by atoms with Gasteiger partial charge in [0, 0.05) is 25.1 Å². The van der Waals surface area contributed by atoms with E-state index in [1.807, 2.05) is 0 Å². The van der Waals surface area contributed by atoms with Crippen LogP contribution in [0.15, 0.2) is 39.7 Å². The van der Waals surface area contributed by atoms with Gasteiger partial charge in [0.2, 0.25) is 0 Å². The van der Waals surface area contributed by atoms with E-state index in [-0.39, 0.29) is 25.5 Å². The standard InChI is InChI=1S/C19H15Cl2NO5S2/c20-14-6-5-11(8-15(14)21)26-10-13-4-3-12(27-13)9-16-18(25)22(19(28)29-16)7-1-2-17(23)24/h3-6,8-9H,1-2,7,10H2,(H,23,24)/b16-9+. The van der Waals surface area contributed by atoms with E-state index >= 15 is 0 Å². The van der Waals surface area contributed by atoms with Crippen LogP contribution in [0, 0.1) is 0 Å². The van der Waals surface area contributed by atoms with Gasteiger partial charge in [-0.3, -0.25) is 14.5 Å². The van der Waals surface area contributed by atoms with E-state index in [1.165, 1.54) is 4.90 Å². The van der Waals surface area contributed by atoms with Gasteiger partial charge in [-0.25, -0.2) is 0 Å². The number of aliphatic carboxylic acids is 1. The fourth-order valence-corrected chi connectivity index (χ4v) is 4.06. The second kappa shape index (κ2) is 9.67. The summed E-state index contributed by atoms with van der Waals surface area (Å²) in [4.78, 5) is 25.0. The fraction of sp³-hybridized carbons (Fsp3) is 0.211. The molecule has 1 N–H and O–H groups in total. The summed E-state index contributed by atoms with van der Waals surface area (Å²) in [6, 6.07) is 8.43. The fourth-order valence-electron chi connectivity index (χ4n) is 2.48. The molecule has 6 nitrogen and oxygen atoms in total. The molecule has 1 saturated heterocycles. The first-order valence-corrected chi connectivity index (χ1v) is 10.5. The van der Waals surface area contributed by atoms with Crippen molar-refractivity contribution in [2.24, 2.45) is 0 Å². The van der Waals surface area contributed by atoms with Gasteiger partial charge < -0.3 is 14.3 Å². The number of carbonyl (C=O) groups is 2. The van der Waals surface area contributed by atoms with E-state index in [2.05, 4.69) is 0 Å². The predicted octanol–water partition coefficient (Wildman–Crippen LogP) is 5.23. The number of benzene rings is 1. The maximum Gasteiger partial charge on any atom is 0.303 e. The lowest BCUT2D eigenvalue weighted by Crippen LogP contribution is -2.29. The molecule has 0 unspecified atom stereocenters. The summed E-state index contributed by atoms with van der Waals surface area (Å²) in [6.45, 7) is 0.456. The van der Waals surface area contributed by atoms with Crippen molar-refractivity contribution >= 4 is 69.5 Å². The summed E-state index contributed by atoms with van der Waals surface area (Å²) >= 11 is 18.2. The third-order valence-electron chi connectivity index (χ3n) is 3.87. The third kappa shape index (κ3) is 5.76. The third-order valence-corrected chi connectivity index (χ3v) is 5.99. The minimum Gasteiger partial charge on any atom is -0.486 e. The Hall–Kier alpha value is -2.00. The zero-order valence-corrected chi connectivity index (χ0v) is 18.0. The Bertz CT molecular complexity index is 989. The molecule has 0 aliphatic carbocycles. The van der Waals surface area contributed by atoms with Gasteiger partial charge >= 0.3 is 5.97 Å². The lowest BCUT2D eigenvalue weighted by Gasteiger charge is -2.13. The molecule has 10 heteroatoms. The lowest BCUT2D eigenvalue weighted by molar-refractivity contribution is -0.137. The van der Waals surface area contributed by atoms with Gasteiger partial charge in [-0.15, -0.1) is 0 Å². The molecule has 0 spiro atoms. The molecule has 1 amide bonds. The number of nitrogens with zero attached hydrogens (tertiary/aromatic N) is 1. The van der Waals surface area contributed by atoms with E-state index in [4.69, 9.17) is 49.7 Å². The number of thioether (sulfide) groups is 1. The van der Waals surface area contributed by atoms with E-state index in [1.54, 1.807) is 36.4 Å². The van der Waals surface area contributed by atoms with Crippen molar-refractivity contribution in [3.8, 4) is 5.75 Å². The van der Waals surface area contributed by atoms with Crippen LogP contribution in [-0.4, -0.2) is 32.7 Å². The maximum absolute atomic E-state index is 12.5. The normalized spacial score (nSPS) is 15.4. The summed E-state index contributed by atoms with van der Waals surface area (Å²) in [7, 11) is 0. The number of furan rings is 1. The highest BCUT2D eigenvalue weighted by Crippen LogP contribution is 2.33. The van der Waals surface area contributed by atoms with Crippen molar-refractivity contribution in [3.05, 3.63) is 56.8 Å². The molecule has 1 aliphatic heterocycles. The molecule has 0 bridgehead atoms. The number of carboxylic acid groups (broad SMARTS) is 1. The number of carbonyl (C=O) groups excluding carboxylic acids is 1. The maximum atomic E-state index is 12.5. The highest BCUT2D eigenvalue weighted by atomic mass is 35.5. The summed E-state index contributed by atoms with van der Waals surface area (Å²) in [6.07, 6.45) is 1.93. The topological polar surface area (TPSA) is 80.0 Å². The van der Waals surface area contributed by atoms with Crippen molar-refractivity contribution in [1.29, 1.82) is 0 Å². The van der Waals surface area contributed by atoms with Gasteiger partial charge in [0.15, 0.2) is 0 Å². The molecule has 3 rings (SSSR count). The summed E-state index contributed by atoms with van der Waals surface area (Å²) in [5.41, 5.74) is 0. The summed E-state index contributed by atoms with van der Waals surface area (Å²) in [5, 5.41) is 9.56. The smallest absolute Gasteiger partial charge is 0.303 e. The second-order valence-corrected chi connectivity index (χ2v) is 8.49. The number of amides is 1. The molecular formula is C19H15Cl2NO5S2. The Kier molecular flexibility index (Phi) is 7.23. The van der Waals surface area contributed by atoms with Gasteiger partial charge in [0.05, 0.1) is 15.0 Å². The molecule has 152 valence electrons. The molecule has 1 aliphatic rings. The van der Waals surface area contributed by atoms with Crippen LogP contribution in [0.25, 0.3) is 6.08 Å². The van der Waals surface area contributed by atoms with Gasteiger partial charge in [-0.1, -0.05) is 47.2 Å². The van der Waals surface area contributed by atoms with E-state index in [0.717, 1.165) is 11.8 Å². The van der Waals surface area contributed by atoms with Crippen LogP contribution in [-0.2, 0) is 16.2 Å². The van der Waals surface area contributed by atoms with Crippen LogP contribution in [0.1, 0.15) is 24.4 Å². The number of hydrogen-bond acceptors (Lipinski definition) is 6. The number of halogens is 2. The van der Waals surface area contributed by atoms with Crippen LogP contribution < -0.4 is 4.74 Å². The van der Waals surface area contributed by atoms with Crippen LogP contribution in [0.3, 0.4) is 0 Å². The quantitative estimate of drug-likeness (QED) is 0.416. The van der Waals surface area contributed by atoms with Gasteiger partial charge in [0.1, 0.15) is 28.2 Å². The Morgan fingerprint density at radius 3 is 2.79 bits per heavy atom. The second-order valence-electron chi connectivity index (χ2n) is 6.00. The SMILES string of the molecule is O=C(O)CCCN1C(=O)/C(=C\c2ccc(COc3ccc(Cl)c(Cl)c3)o2)SC1=S. The summed E-state index contributed by atoms with van der Waals surface area (Å²) in [5.74, 6) is 0.454. The molecule has 0 radical (unpaired) electrons.